The lowest BCUT2D eigenvalue weighted by Crippen LogP contribution is -2.11. The van der Waals surface area contributed by atoms with Crippen molar-refractivity contribution in [2.24, 2.45) is 0 Å². The Hall–Kier alpha value is -0.810. The Labute approximate surface area is 89.7 Å². The molecule has 3 nitrogen and oxygen atoms in total. The molecule has 0 fully saturated rings. The number of benzene rings is 1. The predicted octanol–water partition coefficient (Wildman–Crippen LogP) is 1.76. The maximum absolute atomic E-state index is 13.4. The third-order valence-electron chi connectivity index (χ3n) is 1.89. The first kappa shape index (κ1) is 11.3. The molecule has 0 aliphatic rings. The summed E-state index contributed by atoms with van der Waals surface area (Å²) < 4.78 is 13.8. The van der Waals surface area contributed by atoms with E-state index in [-0.39, 0.29) is 0 Å². The molecule has 0 unspecified atom stereocenters. The van der Waals surface area contributed by atoms with Crippen LogP contribution in [-0.2, 0) is 6.42 Å². The number of nitrogens with one attached hydrogen (secondary N) is 1. The molecule has 0 heterocycles. The van der Waals surface area contributed by atoms with Crippen molar-refractivity contribution in [2.45, 2.75) is 6.42 Å². The summed E-state index contributed by atoms with van der Waals surface area (Å²) in [5.41, 5.74) is 0.356. The number of phenolic OH excluding ortho intramolecular Hbond substituents is 2. The van der Waals surface area contributed by atoms with Gasteiger partial charge in [-0.3, -0.25) is 0 Å². The highest BCUT2D eigenvalue weighted by Crippen LogP contribution is 2.35. The van der Waals surface area contributed by atoms with Crippen LogP contribution in [0.15, 0.2) is 10.5 Å². The van der Waals surface area contributed by atoms with E-state index in [4.69, 9.17) is 10.2 Å². The number of rotatable bonds is 3. The fraction of sp³-hybridized carbons (Fsp3) is 0.333. The molecule has 1 rings (SSSR count). The summed E-state index contributed by atoms with van der Waals surface area (Å²) >= 11 is 3.12. The van der Waals surface area contributed by atoms with E-state index in [1.165, 1.54) is 6.07 Å². The number of phenols is 2. The van der Waals surface area contributed by atoms with Crippen molar-refractivity contribution in [2.75, 3.05) is 13.6 Å². The van der Waals surface area contributed by atoms with Crippen molar-refractivity contribution in [1.29, 1.82) is 0 Å². The number of likely N-dealkylation sites (N-methyl/N-ethyl adjacent to an activating group) is 1. The molecule has 78 valence electrons. The van der Waals surface area contributed by atoms with Crippen LogP contribution in [0.25, 0.3) is 0 Å². The highest BCUT2D eigenvalue weighted by molar-refractivity contribution is 9.10. The Balaban J connectivity index is 3.09. The van der Waals surface area contributed by atoms with Gasteiger partial charge < -0.3 is 15.5 Å². The molecule has 3 N–H and O–H groups in total. The highest BCUT2D eigenvalue weighted by atomic mass is 79.9. The molecule has 14 heavy (non-hydrogen) atoms. The van der Waals surface area contributed by atoms with Gasteiger partial charge >= 0.3 is 0 Å². The first-order valence-corrected chi connectivity index (χ1v) is 4.90. The van der Waals surface area contributed by atoms with E-state index in [2.05, 4.69) is 21.2 Å². The molecule has 1 aromatic rings. The van der Waals surface area contributed by atoms with Crippen molar-refractivity contribution in [3.63, 3.8) is 0 Å². The van der Waals surface area contributed by atoms with Gasteiger partial charge in [0, 0.05) is 10.0 Å². The van der Waals surface area contributed by atoms with Crippen molar-refractivity contribution in [1.82, 2.24) is 5.32 Å². The molecular formula is C9H11BrFNO2. The summed E-state index contributed by atoms with van der Waals surface area (Å²) in [6.07, 6.45) is 0.441. The van der Waals surface area contributed by atoms with Crippen LogP contribution in [0.3, 0.4) is 0 Å². The summed E-state index contributed by atoms with van der Waals surface area (Å²) in [6, 6.07) is 1.28. The van der Waals surface area contributed by atoms with E-state index in [1.807, 2.05) is 0 Å². The minimum absolute atomic E-state index is 0.356. The molecular weight excluding hydrogens is 253 g/mol. The monoisotopic (exact) mass is 263 g/mol. The Morgan fingerprint density at radius 3 is 2.71 bits per heavy atom. The third kappa shape index (κ3) is 2.16. The molecule has 0 atom stereocenters. The van der Waals surface area contributed by atoms with Crippen LogP contribution in [0.1, 0.15) is 5.56 Å². The largest absolute Gasteiger partial charge is 0.504 e. The molecule has 5 heteroatoms. The van der Waals surface area contributed by atoms with Crippen LogP contribution in [0.2, 0.25) is 0 Å². The summed E-state index contributed by atoms with van der Waals surface area (Å²) in [7, 11) is 1.76. The number of halogens is 2. The minimum atomic E-state index is -0.771. The Morgan fingerprint density at radius 2 is 2.14 bits per heavy atom. The van der Waals surface area contributed by atoms with E-state index in [1.54, 1.807) is 7.05 Å². The van der Waals surface area contributed by atoms with Crippen LogP contribution in [0, 0.1) is 5.82 Å². The Morgan fingerprint density at radius 1 is 1.50 bits per heavy atom. The Bertz CT molecular complexity index is 344. The molecule has 0 saturated heterocycles. The molecule has 0 radical (unpaired) electrons. The molecule has 0 amide bonds. The summed E-state index contributed by atoms with van der Waals surface area (Å²) in [5, 5.41) is 21.1. The molecule has 0 aliphatic heterocycles. The van der Waals surface area contributed by atoms with Gasteiger partial charge in [0.05, 0.1) is 0 Å². The smallest absolute Gasteiger partial charge is 0.194 e. The second-order valence-corrected chi connectivity index (χ2v) is 3.73. The normalized spacial score (nSPS) is 10.5. The summed E-state index contributed by atoms with van der Waals surface area (Å²) in [5.74, 6) is -1.92. The number of hydrogen-bond donors (Lipinski definition) is 3. The lowest BCUT2D eigenvalue weighted by atomic mass is 10.1. The lowest BCUT2D eigenvalue weighted by Gasteiger charge is -2.08. The van der Waals surface area contributed by atoms with Gasteiger partial charge in [-0.15, -0.1) is 0 Å². The van der Waals surface area contributed by atoms with Gasteiger partial charge in [0.2, 0.25) is 0 Å². The number of hydrogen-bond acceptors (Lipinski definition) is 3. The van der Waals surface area contributed by atoms with Gasteiger partial charge in [-0.2, -0.15) is 0 Å². The fourth-order valence-electron chi connectivity index (χ4n) is 1.11. The highest BCUT2D eigenvalue weighted by Gasteiger charge is 2.15. The zero-order valence-corrected chi connectivity index (χ0v) is 9.23. The summed E-state index contributed by atoms with van der Waals surface area (Å²) in [4.78, 5) is 0. The van der Waals surface area contributed by atoms with Crippen molar-refractivity contribution >= 4 is 15.9 Å². The number of aromatic hydroxyl groups is 2. The zero-order chi connectivity index (χ0) is 10.7. The maximum atomic E-state index is 13.4. The van der Waals surface area contributed by atoms with Gasteiger partial charge in [-0.25, -0.2) is 4.39 Å². The molecule has 1 aromatic carbocycles. The van der Waals surface area contributed by atoms with Crippen LogP contribution in [-0.4, -0.2) is 23.8 Å². The minimum Gasteiger partial charge on any atom is -0.504 e. The molecule has 0 bridgehead atoms. The lowest BCUT2D eigenvalue weighted by molar-refractivity contribution is 0.376. The van der Waals surface area contributed by atoms with Gasteiger partial charge in [-0.1, -0.05) is 15.9 Å². The van der Waals surface area contributed by atoms with Gasteiger partial charge in [0.25, 0.3) is 0 Å². The molecule has 0 aromatic heterocycles. The quantitative estimate of drug-likeness (QED) is 0.729. The fourth-order valence-corrected chi connectivity index (χ4v) is 1.70. The molecule has 0 spiro atoms. The van der Waals surface area contributed by atoms with Crippen molar-refractivity contribution < 1.29 is 14.6 Å². The second kappa shape index (κ2) is 4.61. The molecule has 0 aliphatic carbocycles. The van der Waals surface area contributed by atoms with E-state index < -0.39 is 17.3 Å². The topological polar surface area (TPSA) is 52.5 Å². The van der Waals surface area contributed by atoms with Crippen molar-refractivity contribution in [3.8, 4) is 11.5 Å². The van der Waals surface area contributed by atoms with E-state index in [0.717, 1.165) is 0 Å². The first-order chi connectivity index (χ1) is 6.57. The van der Waals surface area contributed by atoms with Crippen LogP contribution in [0.4, 0.5) is 4.39 Å². The average Bonchev–Trinajstić information content (AvgIpc) is 2.14. The van der Waals surface area contributed by atoms with E-state index in [9.17, 15) is 4.39 Å². The van der Waals surface area contributed by atoms with Gasteiger partial charge in [0.15, 0.2) is 17.3 Å². The molecule has 0 saturated carbocycles. The van der Waals surface area contributed by atoms with Crippen molar-refractivity contribution in [3.05, 3.63) is 21.9 Å². The van der Waals surface area contributed by atoms with Crippen LogP contribution < -0.4 is 5.32 Å². The van der Waals surface area contributed by atoms with Crippen LogP contribution in [0.5, 0.6) is 11.5 Å². The Kier molecular flexibility index (Phi) is 3.71. The first-order valence-electron chi connectivity index (χ1n) is 4.11. The zero-order valence-electron chi connectivity index (χ0n) is 7.64. The van der Waals surface area contributed by atoms with E-state index >= 15 is 0 Å². The SMILES string of the molecule is CNCCc1c(Br)cc(O)c(O)c1F. The second-order valence-electron chi connectivity index (χ2n) is 2.87. The summed E-state index contributed by atoms with van der Waals surface area (Å²) in [6.45, 7) is 0.597. The third-order valence-corrected chi connectivity index (χ3v) is 2.60. The maximum Gasteiger partial charge on any atom is 0.194 e. The standard InChI is InChI=1S/C9H11BrFNO2/c1-12-3-2-5-6(10)4-7(13)9(14)8(5)11/h4,12-14H,2-3H2,1H3. The van der Waals surface area contributed by atoms with E-state index in [0.29, 0.717) is 23.0 Å². The van der Waals surface area contributed by atoms with Gasteiger partial charge in [0.1, 0.15) is 0 Å². The van der Waals surface area contributed by atoms with Gasteiger partial charge in [-0.05, 0) is 26.1 Å². The predicted molar refractivity (Wildman–Crippen MR) is 55.1 cm³/mol. The van der Waals surface area contributed by atoms with Crippen LogP contribution >= 0.6 is 15.9 Å². The average molecular weight is 264 g/mol.